The van der Waals surface area contributed by atoms with E-state index in [0.29, 0.717) is 0 Å². The van der Waals surface area contributed by atoms with E-state index in [1.807, 2.05) is 20.8 Å². The number of rotatable bonds is 2. The molecule has 18 heavy (non-hydrogen) atoms. The third kappa shape index (κ3) is 4.13. The van der Waals surface area contributed by atoms with Gasteiger partial charge in [0.25, 0.3) is 0 Å². The lowest BCUT2D eigenvalue weighted by atomic mass is 9.76. The molecule has 1 saturated heterocycles. The number of nitrogens with zero attached hydrogens (tertiary/aromatic N) is 1. The van der Waals surface area contributed by atoms with Crippen molar-refractivity contribution in [3.8, 4) is 0 Å². The Morgan fingerprint density at radius 3 is 1.89 bits per heavy atom. The van der Waals surface area contributed by atoms with Gasteiger partial charge in [0.1, 0.15) is 0 Å². The van der Waals surface area contributed by atoms with Crippen LogP contribution in [0.2, 0.25) is 0 Å². The van der Waals surface area contributed by atoms with E-state index < -0.39 is 0 Å². The van der Waals surface area contributed by atoms with Crippen molar-refractivity contribution in [3.05, 3.63) is 11.8 Å². The highest BCUT2D eigenvalue weighted by molar-refractivity contribution is 6.00. The Labute approximate surface area is 111 Å². The maximum absolute atomic E-state index is 12.6. The second-order valence-electron chi connectivity index (χ2n) is 7.02. The van der Waals surface area contributed by atoms with Crippen molar-refractivity contribution in [1.82, 2.24) is 4.90 Å². The second-order valence-corrected chi connectivity index (χ2v) is 7.02. The summed E-state index contributed by atoms with van der Waals surface area (Å²) in [6, 6.07) is 0. The fraction of sp³-hybridized carbons (Fsp3) is 0.800. The van der Waals surface area contributed by atoms with Crippen LogP contribution >= 0.6 is 0 Å². The Bertz CT molecular complexity index is 325. The van der Waals surface area contributed by atoms with Crippen LogP contribution in [0.4, 0.5) is 0 Å². The monoisotopic (exact) mass is 253 g/mol. The van der Waals surface area contributed by atoms with Gasteiger partial charge in [0.2, 0.25) is 0 Å². The third-order valence-electron chi connectivity index (χ3n) is 3.09. The Balaban J connectivity index is 2.98. The van der Waals surface area contributed by atoms with Gasteiger partial charge >= 0.3 is 0 Å². The van der Waals surface area contributed by atoms with Gasteiger partial charge in [0, 0.05) is 30.3 Å². The number of hydrogen-bond acceptors (Lipinski definition) is 3. The van der Waals surface area contributed by atoms with Gasteiger partial charge in [-0.15, -0.1) is 0 Å². The molecule has 0 aliphatic carbocycles. The number of Topliss-reactive ketones (excluding diaryl/α,β-unsaturated/α-hetero) is 1. The zero-order valence-corrected chi connectivity index (χ0v) is 12.7. The molecular weight excluding hydrogens is 226 g/mol. The van der Waals surface area contributed by atoms with E-state index in [4.69, 9.17) is 4.74 Å². The second kappa shape index (κ2) is 5.43. The SMILES string of the molecule is CC(C)(C)C(=O)C(=CN1CCOCC1)C(C)(C)C. The number of morpholine rings is 1. The van der Waals surface area contributed by atoms with Crippen LogP contribution in [0.3, 0.4) is 0 Å². The fourth-order valence-electron chi connectivity index (χ4n) is 1.89. The highest BCUT2D eigenvalue weighted by Crippen LogP contribution is 2.32. The van der Waals surface area contributed by atoms with Crippen molar-refractivity contribution in [1.29, 1.82) is 0 Å². The number of ether oxygens (including phenoxy) is 1. The molecular formula is C15H27NO2. The van der Waals surface area contributed by atoms with Gasteiger partial charge in [-0.25, -0.2) is 0 Å². The molecule has 104 valence electrons. The first-order valence-electron chi connectivity index (χ1n) is 6.71. The van der Waals surface area contributed by atoms with E-state index in [1.165, 1.54) is 0 Å². The number of ketones is 1. The lowest BCUT2D eigenvalue weighted by Crippen LogP contribution is -2.36. The molecule has 1 heterocycles. The molecule has 0 saturated carbocycles. The van der Waals surface area contributed by atoms with Gasteiger partial charge in [0.15, 0.2) is 5.78 Å². The van der Waals surface area contributed by atoms with Crippen LogP contribution in [0.15, 0.2) is 11.8 Å². The van der Waals surface area contributed by atoms with E-state index in [2.05, 4.69) is 31.9 Å². The summed E-state index contributed by atoms with van der Waals surface area (Å²) in [5.41, 5.74) is 0.463. The number of hydrogen-bond donors (Lipinski definition) is 0. The molecule has 1 fully saturated rings. The molecule has 0 amide bonds. The lowest BCUT2D eigenvalue weighted by Gasteiger charge is -2.32. The van der Waals surface area contributed by atoms with Crippen molar-refractivity contribution < 1.29 is 9.53 Å². The van der Waals surface area contributed by atoms with Crippen LogP contribution in [0.5, 0.6) is 0 Å². The average molecular weight is 253 g/mol. The van der Waals surface area contributed by atoms with Crippen molar-refractivity contribution in [2.45, 2.75) is 41.5 Å². The normalized spacial score (nSPS) is 19.0. The highest BCUT2D eigenvalue weighted by Gasteiger charge is 2.32. The molecule has 0 spiro atoms. The van der Waals surface area contributed by atoms with Crippen LogP contribution in [0, 0.1) is 10.8 Å². The Hall–Kier alpha value is -0.830. The van der Waals surface area contributed by atoms with E-state index in [0.717, 1.165) is 31.9 Å². The fourth-order valence-corrected chi connectivity index (χ4v) is 1.89. The molecule has 3 heteroatoms. The van der Waals surface area contributed by atoms with E-state index in [1.54, 1.807) is 0 Å². The van der Waals surface area contributed by atoms with Crippen molar-refractivity contribution in [2.24, 2.45) is 10.8 Å². The smallest absolute Gasteiger partial charge is 0.166 e. The molecule has 0 bridgehead atoms. The molecule has 1 aliphatic heterocycles. The van der Waals surface area contributed by atoms with Crippen LogP contribution < -0.4 is 0 Å². The number of allylic oxidation sites excluding steroid dienone is 1. The summed E-state index contributed by atoms with van der Waals surface area (Å²) in [4.78, 5) is 14.8. The number of carbonyl (C=O) groups excluding carboxylic acids is 1. The van der Waals surface area contributed by atoms with Crippen molar-refractivity contribution in [2.75, 3.05) is 26.3 Å². The van der Waals surface area contributed by atoms with Crippen LogP contribution in [0.1, 0.15) is 41.5 Å². The Morgan fingerprint density at radius 1 is 1.00 bits per heavy atom. The quantitative estimate of drug-likeness (QED) is 0.709. The van der Waals surface area contributed by atoms with Gasteiger partial charge in [0.05, 0.1) is 13.2 Å². The molecule has 0 atom stereocenters. The minimum absolute atomic E-state index is 0.122. The Kier molecular flexibility index (Phi) is 4.60. The van der Waals surface area contributed by atoms with Gasteiger partial charge < -0.3 is 9.64 Å². The molecule has 0 aromatic carbocycles. The van der Waals surface area contributed by atoms with Gasteiger partial charge in [-0.05, 0) is 5.41 Å². The van der Waals surface area contributed by atoms with Crippen molar-refractivity contribution in [3.63, 3.8) is 0 Å². The van der Waals surface area contributed by atoms with E-state index in [-0.39, 0.29) is 16.6 Å². The molecule has 3 nitrogen and oxygen atoms in total. The summed E-state index contributed by atoms with van der Waals surface area (Å²) < 4.78 is 5.34. The summed E-state index contributed by atoms with van der Waals surface area (Å²) in [7, 11) is 0. The third-order valence-corrected chi connectivity index (χ3v) is 3.09. The molecule has 1 aliphatic rings. The lowest BCUT2D eigenvalue weighted by molar-refractivity contribution is -0.123. The average Bonchev–Trinajstić information content (AvgIpc) is 2.23. The summed E-state index contributed by atoms with van der Waals surface area (Å²) in [6.07, 6.45) is 2.05. The van der Waals surface area contributed by atoms with Gasteiger partial charge in [-0.3, -0.25) is 4.79 Å². The van der Waals surface area contributed by atoms with Crippen LogP contribution in [-0.4, -0.2) is 37.0 Å². The zero-order chi connectivity index (χ0) is 14.0. The molecule has 0 aromatic rings. The van der Waals surface area contributed by atoms with E-state index >= 15 is 0 Å². The van der Waals surface area contributed by atoms with Gasteiger partial charge in [-0.2, -0.15) is 0 Å². The summed E-state index contributed by atoms with van der Waals surface area (Å²) in [5.74, 6) is 0.237. The minimum atomic E-state index is -0.328. The summed E-state index contributed by atoms with van der Waals surface area (Å²) in [5, 5.41) is 0. The predicted molar refractivity (Wildman–Crippen MR) is 74.4 cm³/mol. The van der Waals surface area contributed by atoms with Crippen LogP contribution in [0.25, 0.3) is 0 Å². The standard InChI is InChI=1S/C15H27NO2/c1-14(2,3)12(13(17)15(4,5)6)11-16-7-9-18-10-8-16/h11H,7-10H2,1-6H3. The minimum Gasteiger partial charge on any atom is -0.378 e. The maximum Gasteiger partial charge on any atom is 0.166 e. The molecule has 0 radical (unpaired) electrons. The first-order valence-corrected chi connectivity index (χ1v) is 6.71. The predicted octanol–water partition coefficient (Wildman–Crippen LogP) is 2.86. The molecule has 0 aromatic heterocycles. The Morgan fingerprint density at radius 2 is 1.50 bits per heavy atom. The molecule has 0 unspecified atom stereocenters. The summed E-state index contributed by atoms with van der Waals surface area (Å²) in [6.45, 7) is 15.5. The van der Waals surface area contributed by atoms with Crippen LogP contribution in [-0.2, 0) is 9.53 Å². The zero-order valence-electron chi connectivity index (χ0n) is 12.7. The summed E-state index contributed by atoms with van der Waals surface area (Å²) >= 11 is 0. The topological polar surface area (TPSA) is 29.5 Å². The first-order chi connectivity index (χ1) is 8.12. The maximum atomic E-state index is 12.6. The van der Waals surface area contributed by atoms with Gasteiger partial charge in [-0.1, -0.05) is 41.5 Å². The number of carbonyl (C=O) groups is 1. The largest absolute Gasteiger partial charge is 0.378 e. The van der Waals surface area contributed by atoms with E-state index in [9.17, 15) is 4.79 Å². The molecule has 0 N–H and O–H groups in total. The van der Waals surface area contributed by atoms with Crippen molar-refractivity contribution >= 4 is 5.78 Å². The highest BCUT2D eigenvalue weighted by atomic mass is 16.5. The first kappa shape index (κ1) is 15.2. The molecule has 1 rings (SSSR count).